The van der Waals surface area contributed by atoms with E-state index < -0.39 is 0 Å². The molecule has 0 radical (unpaired) electrons. The molecule has 1 aliphatic heterocycles. The average Bonchev–Trinajstić information content (AvgIpc) is 2.98. The monoisotopic (exact) mass is 381 g/mol. The maximum absolute atomic E-state index is 11.9. The molecule has 2 aliphatic rings. The molecule has 4 rings (SSSR count). The van der Waals surface area contributed by atoms with E-state index in [1.54, 1.807) is 6.08 Å². The van der Waals surface area contributed by atoms with Gasteiger partial charge in [-0.15, -0.1) is 0 Å². The van der Waals surface area contributed by atoms with Gasteiger partial charge in [-0.3, -0.25) is 14.9 Å². The topological polar surface area (TPSA) is 55.4 Å². The first kappa shape index (κ1) is 18.1. The van der Waals surface area contributed by atoms with E-state index in [4.69, 9.17) is 4.74 Å². The van der Waals surface area contributed by atoms with Crippen molar-refractivity contribution in [3.8, 4) is 5.75 Å². The highest BCUT2D eigenvalue weighted by Crippen LogP contribution is 2.38. The first-order valence-corrected chi connectivity index (χ1v) is 10.3. The van der Waals surface area contributed by atoms with Gasteiger partial charge in [0, 0.05) is 10.8 Å². The molecule has 5 heteroatoms. The zero-order valence-electron chi connectivity index (χ0n) is 15.4. The Morgan fingerprint density at radius 1 is 1.07 bits per heavy atom. The second-order valence-electron chi connectivity index (χ2n) is 7.71. The molecule has 27 heavy (non-hydrogen) atoms. The van der Waals surface area contributed by atoms with E-state index in [2.05, 4.69) is 12.2 Å². The predicted molar refractivity (Wildman–Crippen MR) is 110 cm³/mol. The summed E-state index contributed by atoms with van der Waals surface area (Å²) in [6.45, 7) is 3.05. The van der Waals surface area contributed by atoms with Crippen molar-refractivity contribution in [2.45, 2.75) is 39.0 Å². The number of carbonyl (C=O) groups excluding carboxylic acids is 2. The number of hydrogen-bond donors (Lipinski definition) is 1. The van der Waals surface area contributed by atoms with Crippen LogP contribution in [-0.4, -0.2) is 17.8 Å². The zero-order valence-corrected chi connectivity index (χ0v) is 16.2. The van der Waals surface area contributed by atoms with Gasteiger partial charge >= 0.3 is 0 Å². The van der Waals surface area contributed by atoms with Crippen LogP contribution in [0.25, 0.3) is 16.8 Å². The molecule has 0 unspecified atom stereocenters. The molecule has 140 valence electrons. The first-order chi connectivity index (χ1) is 13.0. The summed E-state index contributed by atoms with van der Waals surface area (Å²) >= 11 is 0.940. The first-order valence-electron chi connectivity index (χ1n) is 9.44. The van der Waals surface area contributed by atoms with Gasteiger partial charge in [0.1, 0.15) is 5.75 Å². The SMILES string of the molecule is CC1(COc2ccc(C=C3SC(=O)NC3=O)c3ccccc23)CCCCC1. The number of imide groups is 1. The highest BCUT2D eigenvalue weighted by molar-refractivity contribution is 8.18. The number of rotatable bonds is 4. The van der Waals surface area contributed by atoms with Gasteiger partial charge in [0.15, 0.2) is 0 Å². The minimum Gasteiger partial charge on any atom is -0.492 e. The largest absolute Gasteiger partial charge is 0.492 e. The molecule has 4 nitrogen and oxygen atoms in total. The molecule has 0 bridgehead atoms. The maximum Gasteiger partial charge on any atom is 0.290 e. The minimum atomic E-state index is -0.334. The second-order valence-corrected chi connectivity index (χ2v) is 8.73. The highest BCUT2D eigenvalue weighted by atomic mass is 32.2. The maximum atomic E-state index is 11.9. The van der Waals surface area contributed by atoms with Gasteiger partial charge in [0.2, 0.25) is 0 Å². The van der Waals surface area contributed by atoms with Crippen molar-refractivity contribution in [2.24, 2.45) is 5.41 Å². The van der Waals surface area contributed by atoms with E-state index in [1.165, 1.54) is 32.1 Å². The summed E-state index contributed by atoms with van der Waals surface area (Å²) < 4.78 is 6.27. The fourth-order valence-corrected chi connectivity index (χ4v) is 4.58. The lowest BCUT2D eigenvalue weighted by atomic mass is 9.76. The predicted octanol–water partition coefficient (Wildman–Crippen LogP) is 5.51. The number of thioether (sulfide) groups is 1. The van der Waals surface area contributed by atoms with Crippen molar-refractivity contribution in [2.75, 3.05) is 6.61 Å². The van der Waals surface area contributed by atoms with Crippen LogP contribution >= 0.6 is 11.8 Å². The summed E-state index contributed by atoms with van der Waals surface area (Å²) in [6.07, 6.45) is 8.11. The highest BCUT2D eigenvalue weighted by Gasteiger charge is 2.28. The van der Waals surface area contributed by atoms with Gasteiger partial charge in [0.05, 0.1) is 11.5 Å². The minimum absolute atomic E-state index is 0.249. The molecule has 2 amide bonds. The van der Waals surface area contributed by atoms with Crippen LogP contribution in [0.2, 0.25) is 0 Å². The molecule has 0 aromatic heterocycles. The van der Waals surface area contributed by atoms with Crippen LogP contribution in [0.1, 0.15) is 44.6 Å². The number of ether oxygens (including phenoxy) is 1. The number of nitrogens with one attached hydrogen (secondary N) is 1. The number of amides is 2. The summed E-state index contributed by atoms with van der Waals surface area (Å²) in [5.74, 6) is 0.541. The molecule has 1 saturated carbocycles. The lowest BCUT2D eigenvalue weighted by Crippen LogP contribution is -2.27. The average molecular weight is 381 g/mol. The molecule has 0 atom stereocenters. The molecule has 1 aliphatic carbocycles. The fourth-order valence-electron chi connectivity index (χ4n) is 3.91. The van der Waals surface area contributed by atoms with Crippen molar-refractivity contribution >= 4 is 39.8 Å². The molecule has 2 aromatic rings. The van der Waals surface area contributed by atoms with Crippen LogP contribution in [-0.2, 0) is 4.79 Å². The molecule has 1 saturated heterocycles. The third kappa shape index (κ3) is 3.88. The number of carbonyl (C=O) groups is 2. The van der Waals surface area contributed by atoms with Crippen LogP contribution in [0.5, 0.6) is 5.75 Å². The van der Waals surface area contributed by atoms with Gasteiger partial charge in [-0.25, -0.2) is 0 Å². The lowest BCUT2D eigenvalue weighted by Gasteiger charge is -2.33. The lowest BCUT2D eigenvalue weighted by molar-refractivity contribution is -0.115. The van der Waals surface area contributed by atoms with Crippen molar-refractivity contribution in [1.29, 1.82) is 0 Å². The Morgan fingerprint density at radius 2 is 1.81 bits per heavy atom. The number of benzene rings is 2. The summed E-state index contributed by atoms with van der Waals surface area (Å²) in [5.41, 5.74) is 1.16. The number of hydrogen-bond acceptors (Lipinski definition) is 4. The van der Waals surface area contributed by atoms with Gasteiger partial charge in [-0.2, -0.15) is 0 Å². The van der Waals surface area contributed by atoms with Crippen LogP contribution in [0.4, 0.5) is 4.79 Å². The molecule has 1 N–H and O–H groups in total. The number of fused-ring (bicyclic) bond motifs is 1. The third-order valence-electron chi connectivity index (χ3n) is 5.48. The van der Waals surface area contributed by atoms with Crippen molar-refractivity contribution in [3.05, 3.63) is 46.9 Å². The Kier molecular flexibility index (Phi) is 4.96. The standard InChI is InChI=1S/C22H23NO3S/c1-22(11-5-2-6-12-22)14-26-18-10-9-15(16-7-3-4-8-17(16)18)13-19-20(24)23-21(25)27-19/h3-4,7-10,13H,2,5-6,11-12,14H2,1H3,(H,23,24,25). The van der Waals surface area contributed by atoms with Gasteiger partial charge < -0.3 is 4.74 Å². The Hall–Kier alpha value is -2.27. The van der Waals surface area contributed by atoms with Crippen LogP contribution in [0.15, 0.2) is 41.3 Å². The van der Waals surface area contributed by atoms with E-state index in [0.29, 0.717) is 4.91 Å². The summed E-state index contributed by atoms with van der Waals surface area (Å²) in [4.78, 5) is 23.7. The molecule has 2 fully saturated rings. The van der Waals surface area contributed by atoms with Crippen molar-refractivity contribution in [1.82, 2.24) is 5.32 Å². The van der Waals surface area contributed by atoms with E-state index in [-0.39, 0.29) is 16.6 Å². The third-order valence-corrected chi connectivity index (χ3v) is 6.29. The Labute approximate surface area is 163 Å². The van der Waals surface area contributed by atoms with Gasteiger partial charge in [-0.05, 0) is 47.7 Å². The zero-order chi connectivity index (χ0) is 18.9. The van der Waals surface area contributed by atoms with E-state index in [0.717, 1.165) is 40.5 Å². The molecule has 0 spiro atoms. The Morgan fingerprint density at radius 3 is 2.52 bits per heavy atom. The van der Waals surface area contributed by atoms with E-state index in [9.17, 15) is 9.59 Å². The smallest absolute Gasteiger partial charge is 0.290 e. The van der Waals surface area contributed by atoms with Gasteiger partial charge in [-0.1, -0.05) is 56.5 Å². The molecular formula is C22H23NO3S. The summed E-state index contributed by atoms with van der Waals surface area (Å²) in [6, 6.07) is 12.0. The summed E-state index contributed by atoms with van der Waals surface area (Å²) in [5, 5.41) is 4.02. The summed E-state index contributed by atoms with van der Waals surface area (Å²) in [7, 11) is 0. The quantitative estimate of drug-likeness (QED) is 0.709. The fraction of sp³-hybridized carbons (Fsp3) is 0.364. The Balaban J connectivity index is 1.63. The van der Waals surface area contributed by atoms with E-state index >= 15 is 0 Å². The Bertz CT molecular complexity index is 928. The van der Waals surface area contributed by atoms with Crippen molar-refractivity contribution < 1.29 is 14.3 Å². The molecule has 2 aromatic carbocycles. The molecular weight excluding hydrogens is 358 g/mol. The molecule has 1 heterocycles. The van der Waals surface area contributed by atoms with Crippen molar-refractivity contribution in [3.63, 3.8) is 0 Å². The van der Waals surface area contributed by atoms with Crippen LogP contribution in [0.3, 0.4) is 0 Å². The van der Waals surface area contributed by atoms with E-state index in [1.807, 2.05) is 36.4 Å². The normalized spacial score (nSPS) is 20.9. The second kappa shape index (κ2) is 7.39. The van der Waals surface area contributed by atoms with Gasteiger partial charge in [0.25, 0.3) is 11.1 Å². The van der Waals surface area contributed by atoms with Crippen LogP contribution < -0.4 is 10.1 Å². The van der Waals surface area contributed by atoms with Crippen LogP contribution in [0, 0.1) is 5.41 Å².